The molecular weight excluding hydrogens is 128 g/mol. The summed E-state index contributed by atoms with van der Waals surface area (Å²) in [7, 11) is 0. The normalized spacial score (nSPS) is 12.7. The van der Waals surface area contributed by atoms with Gasteiger partial charge in [-0.25, -0.2) is 4.79 Å². The molecule has 3 N–H and O–H groups in total. The monoisotopic (exact) mass is 134 g/mol. The van der Waals surface area contributed by atoms with Gasteiger partial charge in [0.1, 0.15) is 6.10 Å². The summed E-state index contributed by atoms with van der Waals surface area (Å²) >= 11 is 0. The number of ketones is 1. The van der Waals surface area contributed by atoms with Crippen LogP contribution >= 0.6 is 0 Å². The number of Topliss-reactive ketones (excluding diaryl/α,β-unsaturated/α-hetero) is 1. The summed E-state index contributed by atoms with van der Waals surface area (Å²) in [5.41, 5.74) is 0. The smallest absolute Gasteiger partial charge is 0.375 e. The zero-order valence-corrected chi connectivity index (χ0v) is 4.44. The van der Waals surface area contributed by atoms with Crippen molar-refractivity contribution >= 4 is 11.8 Å². The first-order valence-electron chi connectivity index (χ1n) is 2.15. The van der Waals surface area contributed by atoms with E-state index in [-0.39, 0.29) is 0 Å². The Hall–Kier alpha value is -0.940. The van der Waals surface area contributed by atoms with Gasteiger partial charge in [-0.3, -0.25) is 4.79 Å². The summed E-state index contributed by atoms with van der Waals surface area (Å²) in [6, 6.07) is 0. The topological polar surface area (TPSA) is 94.8 Å². The number of hydrogen-bond donors (Lipinski definition) is 3. The van der Waals surface area contributed by atoms with Crippen LogP contribution in [0.3, 0.4) is 0 Å². The Morgan fingerprint density at radius 1 is 1.44 bits per heavy atom. The Kier molecular flexibility index (Phi) is 2.83. The molecule has 1 unspecified atom stereocenters. The van der Waals surface area contributed by atoms with Crippen molar-refractivity contribution in [2.75, 3.05) is 6.61 Å². The zero-order valence-electron chi connectivity index (χ0n) is 4.44. The lowest BCUT2D eigenvalue weighted by molar-refractivity contribution is -0.154. The lowest BCUT2D eigenvalue weighted by atomic mass is 10.2. The van der Waals surface area contributed by atoms with Crippen molar-refractivity contribution in [3.8, 4) is 0 Å². The molecule has 0 aromatic heterocycles. The number of rotatable bonds is 3. The van der Waals surface area contributed by atoms with E-state index in [1.54, 1.807) is 0 Å². The van der Waals surface area contributed by atoms with Gasteiger partial charge < -0.3 is 15.3 Å². The summed E-state index contributed by atoms with van der Waals surface area (Å²) in [4.78, 5) is 19.7. The number of aliphatic hydroxyl groups excluding tert-OH is 2. The minimum Gasteiger partial charge on any atom is -0.475 e. The van der Waals surface area contributed by atoms with E-state index < -0.39 is 24.5 Å². The van der Waals surface area contributed by atoms with Crippen LogP contribution in [0, 0.1) is 0 Å². The lowest BCUT2D eigenvalue weighted by Gasteiger charge is -1.98. The molecule has 0 amide bonds. The Balaban J connectivity index is 3.88. The summed E-state index contributed by atoms with van der Waals surface area (Å²) < 4.78 is 0. The van der Waals surface area contributed by atoms with E-state index in [1.807, 2.05) is 0 Å². The van der Waals surface area contributed by atoms with Gasteiger partial charge in [0.25, 0.3) is 5.78 Å². The molecule has 1 atom stereocenters. The van der Waals surface area contributed by atoms with Crippen LogP contribution in [-0.2, 0) is 9.59 Å². The van der Waals surface area contributed by atoms with Crippen molar-refractivity contribution in [3.05, 3.63) is 0 Å². The number of aliphatic carboxylic acids is 1. The molecular formula is C4H6O5. The maximum Gasteiger partial charge on any atom is 0.375 e. The van der Waals surface area contributed by atoms with Crippen LogP contribution in [-0.4, -0.2) is 39.8 Å². The summed E-state index contributed by atoms with van der Waals surface area (Å²) in [6.07, 6.45) is -1.79. The largest absolute Gasteiger partial charge is 0.475 e. The van der Waals surface area contributed by atoms with E-state index in [4.69, 9.17) is 15.3 Å². The molecule has 0 aliphatic rings. The van der Waals surface area contributed by atoms with Gasteiger partial charge in [-0.15, -0.1) is 0 Å². The van der Waals surface area contributed by atoms with Gasteiger partial charge in [-0.2, -0.15) is 0 Å². The molecule has 52 valence electrons. The number of carbonyl (C=O) groups excluding carboxylic acids is 1. The van der Waals surface area contributed by atoms with Crippen LogP contribution in [0.4, 0.5) is 0 Å². The van der Waals surface area contributed by atoms with E-state index in [0.717, 1.165) is 0 Å². The van der Waals surface area contributed by atoms with Gasteiger partial charge in [0.05, 0.1) is 6.61 Å². The van der Waals surface area contributed by atoms with Crippen molar-refractivity contribution in [2.24, 2.45) is 0 Å². The fourth-order valence-electron chi connectivity index (χ4n) is 0.225. The molecule has 0 fully saturated rings. The van der Waals surface area contributed by atoms with Crippen LogP contribution in [0.25, 0.3) is 0 Å². The SMILES string of the molecule is O=C(O)C(=O)C(O)CO. The molecule has 0 rings (SSSR count). The summed E-state index contributed by atoms with van der Waals surface area (Å²) in [6.45, 7) is -0.856. The van der Waals surface area contributed by atoms with E-state index in [2.05, 4.69) is 0 Å². The Morgan fingerprint density at radius 2 is 1.89 bits per heavy atom. The second-order valence-electron chi connectivity index (χ2n) is 1.37. The average Bonchev–Trinajstić information content (AvgIpc) is 1.84. The van der Waals surface area contributed by atoms with E-state index >= 15 is 0 Å². The van der Waals surface area contributed by atoms with Crippen molar-refractivity contribution in [1.82, 2.24) is 0 Å². The Labute approximate surface area is 50.5 Å². The molecule has 9 heavy (non-hydrogen) atoms. The number of carboxylic acids is 1. The molecule has 0 aromatic carbocycles. The van der Waals surface area contributed by atoms with Crippen LogP contribution in [0.1, 0.15) is 0 Å². The highest BCUT2D eigenvalue weighted by Crippen LogP contribution is 1.82. The van der Waals surface area contributed by atoms with E-state index in [0.29, 0.717) is 0 Å². The first kappa shape index (κ1) is 8.06. The zero-order chi connectivity index (χ0) is 7.44. The number of aliphatic hydroxyl groups is 2. The average molecular weight is 134 g/mol. The molecule has 5 heteroatoms. The first-order chi connectivity index (χ1) is 4.09. The first-order valence-corrected chi connectivity index (χ1v) is 2.15. The summed E-state index contributed by atoms with van der Waals surface area (Å²) in [5, 5.41) is 24.2. The molecule has 0 heterocycles. The van der Waals surface area contributed by atoms with Gasteiger partial charge in [0, 0.05) is 0 Å². The second kappa shape index (κ2) is 3.16. The Morgan fingerprint density at radius 3 is 2.00 bits per heavy atom. The molecule has 0 aromatic rings. The van der Waals surface area contributed by atoms with Gasteiger partial charge in [0.2, 0.25) is 0 Å². The fraction of sp³-hybridized carbons (Fsp3) is 0.500. The highest BCUT2D eigenvalue weighted by molar-refractivity contribution is 6.34. The van der Waals surface area contributed by atoms with Crippen LogP contribution in [0.5, 0.6) is 0 Å². The summed E-state index contributed by atoms with van der Waals surface area (Å²) in [5.74, 6) is -3.13. The van der Waals surface area contributed by atoms with E-state index in [9.17, 15) is 9.59 Å². The number of carboxylic acid groups (broad SMARTS) is 1. The molecule has 0 saturated heterocycles. The molecule has 0 spiro atoms. The highest BCUT2D eigenvalue weighted by atomic mass is 16.4. The number of carbonyl (C=O) groups is 2. The molecule has 0 aliphatic carbocycles. The van der Waals surface area contributed by atoms with Crippen molar-refractivity contribution < 1.29 is 24.9 Å². The van der Waals surface area contributed by atoms with Gasteiger partial charge in [0.15, 0.2) is 0 Å². The van der Waals surface area contributed by atoms with Gasteiger partial charge >= 0.3 is 5.97 Å². The third-order valence-electron chi connectivity index (χ3n) is 0.686. The van der Waals surface area contributed by atoms with Crippen molar-refractivity contribution in [2.45, 2.75) is 6.10 Å². The Bertz CT molecular complexity index is 129. The quantitative estimate of drug-likeness (QED) is 0.388. The minimum atomic E-state index is -1.79. The van der Waals surface area contributed by atoms with E-state index in [1.165, 1.54) is 0 Å². The highest BCUT2D eigenvalue weighted by Gasteiger charge is 2.20. The van der Waals surface area contributed by atoms with Crippen molar-refractivity contribution in [3.63, 3.8) is 0 Å². The van der Waals surface area contributed by atoms with Gasteiger partial charge in [-0.05, 0) is 0 Å². The molecule has 0 bridgehead atoms. The minimum absolute atomic E-state index is 0.856. The molecule has 0 radical (unpaired) electrons. The maximum atomic E-state index is 10.1. The van der Waals surface area contributed by atoms with Crippen LogP contribution in [0.2, 0.25) is 0 Å². The van der Waals surface area contributed by atoms with Crippen molar-refractivity contribution in [1.29, 1.82) is 0 Å². The second-order valence-corrected chi connectivity index (χ2v) is 1.37. The molecule has 0 saturated carbocycles. The molecule has 5 nitrogen and oxygen atoms in total. The molecule has 0 aliphatic heterocycles. The lowest BCUT2D eigenvalue weighted by Crippen LogP contribution is -2.30. The third-order valence-corrected chi connectivity index (χ3v) is 0.686. The van der Waals surface area contributed by atoms with Crippen LogP contribution < -0.4 is 0 Å². The standard InChI is InChI=1S/C4H6O5/c5-1-2(6)3(7)4(8)9/h2,5-6H,1H2,(H,8,9). The predicted molar refractivity (Wildman–Crippen MR) is 25.7 cm³/mol. The fourth-order valence-corrected chi connectivity index (χ4v) is 0.225. The maximum absolute atomic E-state index is 10.1. The predicted octanol–water partition coefficient (Wildman–Crippen LogP) is -2.01. The third kappa shape index (κ3) is 2.20. The van der Waals surface area contributed by atoms with Gasteiger partial charge in [-0.1, -0.05) is 0 Å². The van der Waals surface area contributed by atoms with Crippen LogP contribution in [0.15, 0.2) is 0 Å². The number of hydrogen-bond acceptors (Lipinski definition) is 4.